The standard InChI is InChI=1S/C9H14N4OS2/c1-2-6-8(16-13-12-6)9(14)11-5-3-4-7(10)15/h2-5H2,1H3,(H2,10,15)(H,11,14). The van der Waals surface area contributed by atoms with Gasteiger partial charge in [-0.15, -0.1) is 5.10 Å². The molecule has 0 fully saturated rings. The molecular formula is C9H14N4OS2. The largest absolute Gasteiger partial charge is 0.393 e. The minimum atomic E-state index is -0.116. The van der Waals surface area contributed by atoms with Crippen LogP contribution in [0.25, 0.3) is 0 Å². The Hall–Kier alpha value is -1.08. The molecule has 7 heteroatoms. The van der Waals surface area contributed by atoms with Crippen molar-refractivity contribution in [3.05, 3.63) is 10.6 Å². The number of amides is 1. The predicted molar refractivity (Wildman–Crippen MR) is 67.6 cm³/mol. The summed E-state index contributed by atoms with van der Waals surface area (Å²) in [6.45, 7) is 2.51. The molecule has 5 nitrogen and oxygen atoms in total. The third kappa shape index (κ3) is 3.82. The first kappa shape index (κ1) is 13.0. The van der Waals surface area contributed by atoms with Crippen LogP contribution in [0, 0.1) is 0 Å². The van der Waals surface area contributed by atoms with E-state index in [1.165, 1.54) is 0 Å². The quantitative estimate of drug-likeness (QED) is 0.585. The van der Waals surface area contributed by atoms with Gasteiger partial charge in [0.1, 0.15) is 4.88 Å². The Morgan fingerprint density at radius 1 is 1.62 bits per heavy atom. The normalized spacial score (nSPS) is 10.1. The Morgan fingerprint density at radius 3 is 3.00 bits per heavy atom. The van der Waals surface area contributed by atoms with Gasteiger partial charge in [-0.3, -0.25) is 4.79 Å². The maximum Gasteiger partial charge on any atom is 0.264 e. The molecule has 0 unspecified atom stereocenters. The molecule has 0 aliphatic rings. The minimum Gasteiger partial charge on any atom is -0.393 e. The molecule has 1 rings (SSSR count). The molecule has 1 heterocycles. The van der Waals surface area contributed by atoms with Gasteiger partial charge in [-0.2, -0.15) is 0 Å². The number of nitrogens with one attached hydrogen (secondary N) is 1. The number of nitrogens with zero attached hydrogens (tertiary/aromatic N) is 2. The Bertz CT molecular complexity index is 377. The number of carbonyl (C=O) groups excluding carboxylic acids is 1. The van der Waals surface area contributed by atoms with Gasteiger partial charge in [0.2, 0.25) is 0 Å². The monoisotopic (exact) mass is 258 g/mol. The van der Waals surface area contributed by atoms with Crippen molar-refractivity contribution in [2.45, 2.75) is 26.2 Å². The molecule has 0 saturated carbocycles. The van der Waals surface area contributed by atoms with E-state index in [0.29, 0.717) is 29.3 Å². The van der Waals surface area contributed by atoms with Crippen LogP contribution in [0.2, 0.25) is 0 Å². The highest BCUT2D eigenvalue weighted by atomic mass is 32.1. The first-order valence-corrected chi connectivity index (χ1v) is 6.21. The molecule has 1 amide bonds. The Balaban J connectivity index is 2.38. The minimum absolute atomic E-state index is 0.116. The van der Waals surface area contributed by atoms with Crippen LogP contribution in [0.4, 0.5) is 0 Å². The van der Waals surface area contributed by atoms with Gasteiger partial charge in [0.05, 0.1) is 10.7 Å². The van der Waals surface area contributed by atoms with Crippen LogP contribution >= 0.6 is 23.8 Å². The van der Waals surface area contributed by atoms with E-state index in [1.807, 2.05) is 6.92 Å². The fraction of sp³-hybridized carbons (Fsp3) is 0.556. The summed E-state index contributed by atoms with van der Waals surface area (Å²) in [7, 11) is 0. The number of carbonyl (C=O) groups is 1. The van der Waals surface area contributed by atoms with Gasteiger partial charge < -0.3 is 11.1 Å². The number of aryl methyl sites for hydroxylation is 1. The van der Waals surface area contributed by atoms with Crippen LogP contribution < -0.4 is 11.1 Å². The molecule has 0 saturated heterocycles. The number of hydrogen-bond acceptors (Lipinski definition) is 5. The molecule has 0 radical (unpaired) electrons. The second kappa shape index (κ2) is 6.49. The maximum absolute atomic E-state index is 11.7. The second-order valence-corrected chi connectivity index (χ2v) is 4.51. The smallest absolute Gasteiger partial charge is 0.264 e. The Morgan fingerprint density at radius 2 is 2.38 bits per heavy atom. The van der Waals surface area contributed by atoms with E-state index in [2.05, 4.69) is 14.9 Å². The lowest BCUT2D eigenvalue weighted by molar-refractivity contribution is 0.0956. The molecular weight excluding hydrogens is 244 g/mol. The van der Waals surface area contributed by atoms with E-state index < -0.39 is 0 Å². The lowest BCUT2D eigenvalue weighted by Gasteiger charge is -2.03. The van der Waals surface area contributed by atoms with Crippen molar-refractivity contribution in [1.29, 1.82) is 0 Å². The number of aromatic nitrogens is 2. The summed E-state index contributed by atoms with van der Waals surface area (Å²) in [4.78, 5) is 12.8. The molecule has 88 valence electrons. The zero-order valence-electron chi connectivity index (χ0n) is 9.02. The van der Waals surface area contributed by atoms with Crippen LogP contribution in [-0.2, 0) is 6.42 Å². The van der Waals surface area contributed by atoms with Gasteiger partial charge >= 0.3 is 0 Å². The summed E-state index contributed by atoms with van der Waals surface area (Å²) in [5, 5.41) is 6.67. The fourth-order valence-electron chi connectivity index (χ4n) is 1.16. The van der Waals surface area contributed by atoms with Crippen molar-refractivity contribution in [3.63, 3.8) is 0 Å². The first-order chi connectivity index (χ1) is 7.65. The van der Waals surface area contributed by atoms with Crippen molar-refractivity contribution in [1.82, 2.24) is 14.9 Å². The van der Waals surface area contributed by atoms with Crippen LogP contribution in [-0.4, -0.2) is 27.0 Å². The topological polar surface area (TPSA) is 80.9 Å². The van der Waals surface area contributed by atoms with E-state index >= 15 is 0 Å². The molecule has 0 bridgehead atoms. The molecule has 0 aliphatic heterocycles. The highest BCUT2D eigenvalue weighted by Crippen LogP contribution is 2.10. The van der Waals surface area contributed by atoms with Crippen molar-refractivity contribution in [2.24, 2.45) is 5.73 Å². The van der Waals surface area contributed by atoms with Crippen LogP contribution in [0.15, 0.2) is 0 Å². The van der Waals surface area contributed by atoms with Crippen LogP contribution in [0.5, 0.6) is 0 Å². The summed E-state index contributed by atoms with van der Waals surface area (Å²) in [5.74, 6) is -0.116. The Labute approximate surface area is 104 Å². The molecule has 1 aromatic rings. The second-order valence-electron chi connectivity index (χ2n) is 3.23. The highest BCUT2D eigenvalue weighted by Gasteiger charge is 2.13. The molecule has 0 aliphatic carbocycles. The van der Waals surface area contributed by atoms with E-state index in [9.17, 15) is 4.79 Å². The molecule has 0 spiro atoms. The van der Waals surface area contributed by atoms with Gasteiger partial charge in [-0.1, -0.05) is 23.6 Å². The summed E-state index contributed by atoms with van der Waals surface area (Å²) in [5.41, 5.74) is 6.10. The van der Waals surface area contributed by atoms with E-state index in [1.54, 1.807) is 0 Å². The van der Waals surface area contributed by atoms with Gasteiger partial charge in [0.15, 0.2) is 0 Å². The van der Waals surface area contributed by atoms with Crippen molar-refractivity contribution in [2.75, 3.05) is 6.54 Å². The third-order valence-electron chi connectivity index (χ3n) is 1.98. The SMILES string of the molecule is CCc1nnsc1C(=O)NCCCC(N)=S. The molecule has 1 aromatic heterocycles. The lowest BCUT2D eigenvalue weighted by Crippen LogP contribution is -2.25. The van der Waals surface area contributed by atoms with Gasteiger partial charge in [0.25, 0.3) is 5.91 Å². The average molecular weight is 258 g/mol. The van der Waals surface area contributed by atoms with Crippen LogP contribution in [0.3, 0.4) is 0 Å². The number of nitrogens with two attached hydrogens (primary N) is 1. The summed E-state index contributed by atoms with van der Waals surface area (Å²) < 4.78 is 3.76. The summed E-state index contributed by atoms with van der Waals surface area (Å²) in [6, 6.07) is 0. The molecule has 0 atom stereocenters. The van der Waals surface area contributed by atoms with Crippen LogP contribution in [0.1, 0.15) is 35.1 Å². The van der Waals surface area contributed by atoms with E-state index in [4.69, 9.17) is 18.0 Å². The van der Waals surface area contributed by atoms with Gasteiger partial charge in [-0.05, 0) is 30.8 Å². The number of hydrogen-bond donors (Lipinski definition) is 2. The third-order valence-corrected chi connectivity index (χ3v) is 2.95. The lowest BCUT2D eigenvalue weighted by atomic mass is 10.2. The predicted octanol–water partition coefficient (Wildman–Crippen LogP) is 0.897. The maximum atomic E-state index is 11.7. The van der Waals surface area contributed by atoms with Crippen molar-refractivity contribution in [3.8, 4) is 0 Å². The van der Waals surface area contributed by atoms with Crippen molar-refractivity contribution < 1.29 is 4.79 Å². The summed E-state index contributed by atoms with van der Waals surface area (Å²) in [6.07, 6.45) is 2.12. The number of thiocarbonyl (C=S) groups is 1. The van der Waals surface area contributed by atoms with Gasteiger partial charge in [-0.25, -0.2) is 0 Å². The first-order valence-electron chi connectivity index (χ1n) is 5.02. The molecule has 16 heavy (non-hydrogen) atoms. The molecule has 0 aromatic carbocycles. The zero-order valence-corrected chi connectivity index (χ0v) is 10.7. The molecule has 3 N–H and O–H groups in total. The average Bonchev–Trinajstić information content (AvgIpc) is 2.71. The zero-order chi connectivity index (χ0) is 12.0. The highest BCUT2D eigenvalue weighted by molar-refractivity contribution is 7.80. The Kier molecular flexibility index (Phi) is 5.27. The fourth-order valence-corrected chi connectivity index (χ4v) is 1.97. The van der Waals surface area contributed by atoms with Gasteiger partial charge in [0, 0.05) is 6.54 Å². The van der Waals surface area contributed by atoms with E-state index in [0.717, 1.165) is 23.6 Å². The van der Waals surface area contributed by atoms with E-state index in [-0.39, 0.29) is 5.91 Å². The summed E-state index contributed by atoms with van der Waals surface area (Å²) >= 11 is 5.86. The van der Waals surface area contributed by atoms with Crippen molar-refractivity contribution >= 4 is 34.6 Å². The number of rotatable bonds is 6.